The SMILES string of the molecule is CCOc1cc([N+](=O)[O-])c(C(=O)NCCCN(C)C2CCCCC2)cc1OC. The van der Waals surface area contributed by atoms with E-state index in [2.05, 4.69) is 17.3 Å². The second-order valence-electron chi connectivity index (χ2n) is 7.09. The lowest BCUT2D eigenvalue weighted by Crippen LogP contribution is -2.35. The Kier molecular flexibility index (Phi) is 8.50. The summed E-state index contributed by atoms with van der Waals surface area (Å²) < 4.78 is 10.6. The predicted molar refractivity (Wildman–Crippen MR) is 107 cm³/mol. The van der Waals surface area contributed by atoms with Gasteiger partial charge in [-0.1, -0.05) is 19.3 Å². The Morgan fingerprint density at radius 3 is 2.61 bits per heavy atom. The zero-order valence-corrected chi connectivity index (χ0v) is 17.0. The van der Waals surface area contributed by atoms with Crippen molar-refractivity contribution >= 4 is 11.6 Å². The maximum Gasteiger partial charge on any atom is 0.286 e. The van der Waals surface area contributed by atoms with E-state index < -0.39 is 10.8 Å². The first-order valence-corrected chi connectivity index (χ1v) is 9.95. The number of nitrogens with zero attached hydrogens (tertiary/aromatic N) is 2. The van der Waals surface area contributed by atoms with Crippen LogP contribution in [0.5, 0.6) is 11.5 Å². The van der Waals surface area contributed by atoms with Gasteiger partial charge in [-0.05, 0) is 39.8 Å². The maximum atomic E-state index is 12.5. The summed E-state index contributed by atoms with van der Waals surface area (Å²) in [5.41, 5.74) is -0.313. The highest BCUT2D eigenvalue weighted by Crippen LogP contribution is 2.34. The average molecular weight is 393 g/mol. The molecule has 8 nitrogen and oxygen atoms in total. The number of carbonyl (C=O) groups excluding carboxylic acids is 1. The van der Waals surface area contributed by atoms with Gasteiger partial charge in [0.15, 0.2) is 11.5 Å². The number of ether oxygens (including phenoxy) is 2. The lowest BCUT2D eigenvalue weighted by molar-refractivity contribution is -0.385. The van der Waals surface area contributed by atoms with Crippen molar-refractivity contribution in [2.75, 3.05) is 33.9 Å². The fourth-order valence-corrected chi connectivity index (χ4v) is 3.64. The molecule has 156 valence electrons. The van der Waals surface area contributed by atoms with Crippen LogP contribution in [0, 0.1) is 10.1 Å². The van der Waals surface area contributed by atoms with Gasteiger partial charge in [0.05, 0.1) is 24.7 Å². The molecule has 1 aliphatic carbocycles. The van der Waals surface area contributed by atoms with Crippen LogP contribution >= 0.6 is 0 Å². The zero-order valence-electron chi connectivity index (χ0n) is 17.0. The molecule has 1 aromatic carbocycles. The Morgan fingerprint density at radius 2 is 2.00 bits per heavy atom. The number of benzene rings is 1. The number of rotatable bonds is 10. The third-order valence-corrected chi connectivity index (χ3v) is 5.19. The van der Waals surface area contributed by atoms with Crippen molar-refractivity contribution in [1.29, 1.82) is 0 Å². The molecule has 0 aliphatic heterocycles. The Hall–Kier alpha value is -2.35. The van der Waals surface area contributed by atoms with E-state index >= 15 is 0 Å². The van der Waals surface area contributed by atoms with Crippen molar-refractivity contribution in [3.05, 3.63) is 27.8 Å². The Bertz CT molecular complexity index is 674. The van der Waals surface area contributed by atoms with E-state index in [1.54, 1.807) is 6.92 Å². The fourth-order valence-electron chi connectivity index (χ4n) is 3.64. The molecule has 0 radical (unpaired) electrons. The monoisotopic (exact) mass is 393 g/mol. The second kappa shape index (κ2) is 10.8. The number of methoxy groups -OCH3 is 1. The molecule has 8 heteroatoms. The van der Waals surface area contributed by atoms with Crippen LogP contribution in [0.2, 0.25) is 0 Å². The molecule has 1 aliphatic rings. The van der Waals surface area contributed by atoms with Crippen molar-refractivity contribution in [2.45, 2.75) is 51.5 Å². The van der Waals surface area contributed by atoms with Crippen molar-refractivity contribution in [2.24, 2.45) is 0 Å². The van der Waals surface area contributed by atoms with E-state index in [1.807, 2.05) is 0 Å². The standard InChI is InChI=1S/C20H31N3O5/c1-4-28-19-14-17(23(25)26)16(13-18(19)27-3)20(24)21-11-8-12-22(2)15-9-6-5-7-10-15/h13-15H,4-12H2,1-3H3,(H,21,24). The summed E-state index contributed by atoms with van der Waals surface area (Å²) in [6, 6.07) is 3.24. The molecular weight excluding hydrogens is 362 g/mol. The molecule has 1 fully saturated rings. The fraction of sp³-hybridized carbons (Fsp3) is 0.650. The average Bonchev–Trinajstić information content (AvgIpc) is 2.71. The summed E-state index contributed by atoms with van der Waals surface area (Å²) in [6.07, 6.45) is 7.16. The smallest absolute Gasteiger partial charge is 0.286 e. The lowest BCUT2D eigenvalue weighted by Gasteiger charge is -2.31. The van der Waals surface area contributed by atoms with Gasteiger partial charge in [0, 0.05) is 18.7 Å². The largest absolute Gasteiger partial charge is 0.493 e. The number of hydrogen-bond donors (Lipinski definition) is 1. The van der Waals surface area contributed by atoms with Gasteiger partial charge in [0.2, 0.25) is 0 Å². The van der Waals surface area contributed by atoms with Crippen molar-refractivity contribution < 1.29 is 19.2 Å². The van der Waals surface area contributed by atoms with Gasteiger partial charge < -0.3 is 19.7 Å². The molecule has 0 saturated heterocycles. The minimum atomic E-state index is -0.576. The van der Waals surface area contributed by atoms with Gasteiger partial charge in [-0.25, -0.2) is 0 Å². The molecule has 0 spiro atoms. The van der Waals surface area contributed by atoms with Crippen LogP contribution in [0.1, 0.15) is 55.8 Å². The number of nitrogens with one attached hydrogen (secondary N) is 1. The van der Waals surface area contributed by atoms with Gasteiger partial charge in [0.25, 0.3) is 11.6 Å². The number of hydrogen-bond acceptors (Lipinski definition) is 6. The maximum absolute atomic E-state index is 12.5. The topological polar surface area (TPSA) is 93.9 Å². The second-order valence-corrected chi connectivity index (χ2v) is 7.09. The number of nitro groups is 1. The summed E-state index contributed by atoms with van der Waals surface area (Å²) in [5, 5.41) is 14.2. The normalized spacial score (nSPS) is 14.7. The Morgan fingerprint density at radius 1 is 1.29 bits per heavy atom. The van der Waals surface area contributed by atoms with Crippen LogP contribution in [0.4, 0.5) is 5.69 Å². The molecule has 0 heterocycles. The molecule has 0 atom stereocenters. The van der Waals surface area contributed by atoms with Gasteiger partial charge in [-0.15, -0.1) is 0 Å². The van der Waals surface area contributed by atoms with E-state index in [-0.39, 0.29) is 17.0 Å². The molecule has 1 aromatic rings. The van der Waals surface area contributed by atoms with Crippen LogP contribution in [0.3, 0.4) is 0 Å². The van der Waals surface area contributed by atoms with Crippen LogP contribution < -0.4 is 14.8 Å². The lowest BCUT2D eigenvalue weighted by atomic mass is 9.94. The summed E-state index contributed by atoms with van der Waals surface area (Å²) >= 11 is 0. The first-order chi connectivity index (χ1) is 13.5. The van der Waals surface area contributed by atoms with Gasteiger partial charge in [0.1, 0.15) is 5.56 Å². The van der Waals surface area contributed by atoms with Gasteiger partial charge in [-0.2, -0.15) is 0 Å². The van der Waals surface area contributed by atoms with Crippen LogP contribution in [0.15, 0.2) is 12.1 Å². The number of amides is 1. The van der Waals surface area contributed by atoms with E-state index in [9.17, 15) is 14.9 Å². The minimum Gasteiger partial charge on any atom is -0.493 e. The molecular formula is C20H31N3O5. The third-order valence-electron chi connectivity index (χ3n) is 5.19. The molecule has 1 N–H and O–H groups in total. The van der Waals surface area contributed by atoms with E-state index in [0.717, 1.165) is 13.0 Å². The van der Waals surface area contributed by atoms with Crippen molar-refractivity contribution in [3.63, 3.8) is 0 Å². The van der Waals surface area contributed by atoms with E-state index in [0.29, 0.717) is 24.9 Å². The summed E-state index contributed by atoms with van der Waals surface area (Å²) in [7, 11) is 3.56. The first kappa shape index (κ1) is 21.9. The summed E-state index contributed by atoms with van der Waals surface area (Å²) in [6.45, 7) is 3.46. The molecule has 0 aromatic heterocycles. The minimum absolute atomic E-state index is 0.0223. The highest BCUT2D eigenvalue weighted by Gasteiger charge is 2.24. The van der Waals surface area contributed by atoms with E-state index in [4.69, 9.17) is 9.47 Å². The molecule has 28 heavy (non-hydrogen) atoms. The summed E-state index contributed by atoms with van der Waals surface area (Å²) in [4.78, 5) is 25.7. The molecule has 0 unspecified atom stereocenters. The molecule has 2 rings (SSSR count). The predicted octanol–water partition coefficient (Wildman–Crippen LogP) is 3.39. The summed E-state index contributed by atoms with van der Waals surface area (Å²) in [5.74, 6) is 0.0744. The number of carbonyl (C=O) groups is 1. The van der Waals surface area contributed by atoms with E-state index in [1.165, 1.54) is 51.3 Å². The molecule has 1 amide bonds. The van der Waals surface area contributed by atoms with Crippen molar-refractivity contribution in [1.82, 2.24) is 10.2 Å². The third kappa shape index (κ3) is 5.82. The van der Waals surface area contributed by atoms with Crippen LogP contribution in [-0.2, 0) is 0 Å². The quantitative estimate of drug-likeness (QED) is 0.372. The highest BCUT2D eigenvalue weighted by molar-refractivity contribution is 5.99. The van der Waals surface area contributed by atoms with Crippen molar-refractivity contribution in [3.8, 4) is 11.5 Å². The zero-order chi connectivity index (χ0) is 20.5. The molecule has 0 bridgehead atoms. The van der Waals surface area contributed by atoms with Crippen LogP contribution in [0.25, 0.3) is 0 Å². The van der Waals surface area contributed by atoms with Crippen LogP contribution in [-0.4, -0.2) is 55.6 Å². The Labute approximate surface area is 166 Å². The highest BCUT2D eigenvalue weighted by atomic mass is 16.6. The number of nitro benzene ring substituents is 1. The Balaban J connectivity index is 1.96. The first-order valence-electron chi connectivity index (χ1n) is 9.95. The molecule has 1 saturated carbocycles. The van der Waals surface area contributed by atoms with Gasteiger partial charge >= 0.3 is 0 Å². The van der Waals surface area contributed by atoms with Gasteiger partial charge in [-0.3, -0.25) is 14.9 Å².